The number of piperidine rings is 1. The molecule has 2 heterocycles. The van der Waals surface area contributed by atoms with Crippen LogP contribution in [0.1, 0.15) is 43.1 Å². The summed E-state index contributed by atoms with van der Waals surface area (Å²) in [6, 6.07) is 4.10. The van der Waals surface area contributed by atoms with Gasteiger partial charge in [-0.15, -0.1) is 10.2 Å². The lowest BCUT2D eigenvalue weighted by Gasteiger charge is -2.33. The Kier molecular flexibility index (Phi) is 5.92. The highest BCUT2D eigenvalue weighted by Crippen LogP contribution is 2.16. The van der Waals surface area contributed by atoms with Crippen molar-refractivity contribution in [2.45, 2.75) is 38.6 Å². The van der Waals surface area contributed by atoms with E-state index in [1.807, 2.05) is 0 Å². The molecule has 1 unspecified atom stereocenters. The van der Waals surface area contributed by atoms with Crippen LogP contribution in [0.5, 0.6) is 0 Å². The van der Waals surface area contributed by atoms with Gasteiger partial charge in [-0.05, 0) is 44.9 Å². The van der Waals surface area contributed by atoms with Crippen molar-refractivity contribution >= 4 is 11.7 Å². The third-order valence-corrected chi connectivity index (χ3v) is 4.00. The van der Waals surface area contributed by atoms with E-state index in [9.17, 15) is 4.79 Å². The Balaban J connectivity index is 1.68. The van der Waals surface area contributed by atoms with E-state index in [1.54, 1.807) is 19.2 Å². The second-order valence-electron chi connectivity index (χ2n) is 5.54. The van der Waals surface area contributed by atoms with Gasteiger partial charge in [-0.2, -0.15) is 0 Å². The topological polar surface area (TPSA) is 70.2 Å². The van der Waals surface area contributed by atoms with E-state index in [1.165, 1.54) is 25.8 Å². The number of carbonyl (C=O) groups is 1. The van der Waals surface area contributed by atoms with Gasteiger partial charge in [0.1, 0.15) is 5.82 Å². The van der Waals surface area contributed by atoms with Crippen LogP contribution in [0.2, 0.25) is 0 Å². The van der Waals surface area contributed by atoms with Gasteiger partial charge in [0.15, 0.2) is 5.69 Å². The minimum Gasteiger partial charge on any atom is -0.372 e. The Bertz CT molecular complexity index is 448. The molecule has 1 aromatic rings. The van der Waals surface area contributed by atoms with Crippen LogP contribution in [0.15, 0.2) is 12.1 Å². The highest BCUT2D eigenvalue weighted by molar-refractivity contribution is 5.92. The number of carbonyl (C=O) groups excluding carboxylic acids is 1. The number of rotatable bonds is 6. The van der Waals surface area contributed by atoms with Crippen LogP contribution in [-0.4, -0.2) is 53.7 Å². The fraction of sp³-hybridized carbons (Fsp3) is 0.667. The van der Waals surface area contributed by atoms with Crippen LogP contribution in [0.25, 0.3) is 0 Å². The van der Waals surface area contributed by atoms with Gasteiger partial charge in [-0.25, -0.2) is 0 Å². The molecule has 0 spiro atoms. The summed E-state index contributed by atoms with van der Waals surface area (Å²) in [5, 5.41) is 13.6. The Morgan fingerprint density at radius 1 is 1.38 bits per heavy atom. The maximum Gasteiger partial charge on any atom is 0.271 e. The zero-order chi connectivity index (χ0) is 15.1. The lowest BCUT2D eigenvalue weighted by molar-refractivity contribution is 0.0943. The molecule has 0 saturated carbocycles. The monoisotopic (exact) mass is 291 g/mol. The van der Waals surface area contributed by atoms with Gasteiger partial charge in [-0.3, -0.25) is 4.79 Å². The molecule has 1 aliphatic heterocycles. The minimum atomic E-state index is -0.156. The number of likely N-dealkylation sites (tertiary alicyclic amines) is 1. The molecule has 0 aromatic carbocycles. The Hall–Kier alpha value is -1.69. The molecule has 1 aliphatic rings. The standard InChI is InChI=1S/C15H25N5O/c1-12-6-3-4-10-20(12)11-5-9-17-15(21)13-7-8-14(16-2)19-18-13/h7-8,12H,3-6,9-11H2,1-2H3,(H,16,19)(H,17,21). The van der Waals surface area contributed by atoms with Crippen molar-refractivity contribution in [1.29, 1.82) is 0 Å². The predicted molar refractivity (Wildman–Crippen MR) is 83.4 cm³/mol. The molecule has 6 nitrogen and oxygen atoms in total. The van der Waals surface area contributed by atoms with Crippen LogP contribution in [0.3, 0.4) is 0 Å². The molecule has 2 N–H and O–H groups in total. The average molecular weight is 291 g/mol. The summed E-state index contributed by atoms with van der Waals surface area (Å²) >= 11 is 0. The average Bonchev–Trinajstić information content (AvgIpc) is 2.53. The molecule has 1 fully saturated rings. The molecular formula is C15H25N5O. The lowest BCUT2D eigenvalue weighted by Crippen LogP contribution is -2.39. The molecule has 0 bridgehead atoms. The van der Waals surface area contributed by atoms with Gasteiger partial charge >= 0.3 is 0 Å². The van der Waals surface area contributed by atoms with Gasteiger partial charge in [-0.1, -0.05) is 6.42 Å². The van der Waals surface area contributed by atoms with Crippen molar-refractivity contribution in [3.8, 4) is 0 Å². The van der Waals surface area contributed by atoms with E-state index in [4.69, 9.17) is 0 Å². The third-order valence-electron chi connectivity index (χ3n) is 4.00. The number of hydrogen-bond acceptors (Lipinski definition) is 5. The van der Waals surface area contributed by atoms with E-state index in [-0.39, 0.29) is 5.91 Å². The van der Waals surface area contributed by atoms with Gasteiger partial charge in [0, 0.05) is 26.2 Å². The van der Waals surface area contributed by atoms with Gasteiger partial charge in [0.05, 0.1) is 0 Å². The van der Waals surface area contributed by atoms with Crippen LogP contribution < -0.4 is 10.6 Å². The first-order chi connectivity index (χ1) is 10.2. The molecule has 0 radical (unpaired) electrons. The lowest BCUT2D eigenvalue weighted by atomic mass is 10.0. The first-order valence-corrected chi connectivity index (χ1v) is 7.74. The SMILES string of the molecule is CNc1ccc(C(=O)NCCCN2CCCCC2C)nn1. The maximum atomic E-state index is 11.9. The Morgan fingerprint density at radius 3 is 2.90 bits per heavy atom. The number of hydrogen-bond donors (Lipinski definition) is 2. The summed E-state index contributed by atoms with van der Waals surface area (Å²) in [6.07, 6.45) is 4.90. The molecule has 116 valence electrons. The fourth-order valence-corrected chi connectivity index (χ4v) is 2.65. The molecule has 21 heavy (non-hydrogen) atoms. The summed E-state index contributed by atoms with van der Waals surface area (Å²) in [5.41, 5.74) is 0.361. The number of nitrogens with zero attached hydrogens (tertiary/aromatic N) is 3. The highest BCUT2D eigenvalue weighted by Gasteiger charge is 2.17. The molecule has 1 aromatic heterocycles. The number of anilines is 1. The van der Waals surface area contributed by atoms with Crippen LogP contribution in [-0.2, 0) is 0 Å². The smallest absolute Gasteiger partial charge is 0.271 e. The Labute approximate surface area is 126 Å². The second kappa shape index (κ2) is 7.93. The molecule has 0 aliphatic carbocycles. The zero-order valence-electron chi connectivity index (χ0n) is 12.9. The van der Waals surface area contributed by atoms with Crippen LogP contribution >= 0.6 is 0 Å². The number of amides is 1. The molecule has 1 atom stereocenters. The normalized spacial score (nSPS) is 19.2. The molecule has 1 amide bonds. The summed E-state index contributed by atoms with van der Waals surface area (Å²) in [5.74, 6) is 0.502. The van der Waals surface area contributed by atoms with Crippen LogP contribution in [0.4, 0.5) is 5.82 Å². The van der Waals surface area contributed by atoms with E-state index in [0.29, 0.717) is 24.1 Å². The van der Waals surface area contributed by atoms with E-state index >= 15 is 0 Å². The van der Waals surface area contributed by atoms with Crippen LogP contribution in [0, 0.1) is 0 Å². The van der Waals surface area contributed by atoms with Crippen molar-refractivity contribution < 1.29 is 4.79 Å². The van der Waals surface area contributed by atoms with Gasteiger partial charge in [0.25, 0.3) is 5.91 Å². The van der Waals surface area contributed by atoms with Crippen molar-refractivity contribution in [2.24, 2.45) is 0 Å². The number of aromatic nitrogens is 2. The van der Waals surface area contributed by atoms with Gasteiger partial charge in [0.2, 0.25) is 0 Å². The largest absolute Gasteiger partial charge is 0.372 e. The summed E-state index contributed by atoms with van der Waals surface area (Å²) in [4.78, 5) is 14.4. The summed E-state index contributed by atoms with van der Waals surface area (Å²) in [6.45, 7) is 5.20. The second-order valence-corrected chi connectivity index (χ2v) is 5.54. The van der Waals surface area contributed by atoms with Crippen molar-refractivity contribution in [3.63, 3.8) is 0 Å². The molecule has 1 saturated heterocycles. The predicted octanol–water partition coefficient (Wildman–Crippen LogP) is 1.51. The maximum absolute atomic E-state index is 11.9. The first-order valence-electron chi connectivity index (χ1n) is 7.74. The fourth-order valence-electron chi connectivity index (χ4n) is 2.65. The molecular weight excluding hydrogens is 266 g/mol. The number of nitrogens with one attached hydrogen (secondary N) is 2. The highest BCUT2D eigenvalue weighted by atomic mass is 16.1. The van der Waals surface area contributed by atoms with Crippen molar-refractivity contribution in [1.82, 2.24) is 20.4 Å². The van der Waals surface area contributed by atoms with E-state index in [0.717, 1.165) is 13.0 Å². The Morgan fingerprint density at radius 2 is 2.24 bits per heavy atom. The quantitative estimate of drug-likeness (QED) is 0.778. The minimum absolute atomic E-state index is 0.156. The summed E-state index contributed by atoms with van der Waals surface area (Å²) < 4.78 is 0. The molecule has 2 rings (SSSR count). The summed E-state index contributed by atoms with van der Waals surface area (Å²) in [7, 11) is 1.77. The van der Waals surface area contributed by atoms with Crippen molar-refractivity contribution in [3.05, 3.63) is 17.8 Å². The molecule has 6 heteroatoms. The zero-order valence-corrected chi connectivity index (χ0v) is 12.9. The van der Waals surface area contributed by atoms with E-state index < -0.39 is 0 Å². The third kappa shape index (κ3) is 4.67. The van der Waals surface area contributed by atoms with E-state index in [2.05, 4.69) is 32.7 Å². The van der Waals surface area contributed by atoms with Gasteiger partial charge < -0.3 is 15.5 Å². The van der Waals surface area contributed by atoms with Crippen molar-refractivity contribution in [2.75, 3.05) is 32.0 Å². The first kappa shape index (κ1) is 15.7.